The van der Waals surface area contributed by atoms with E-state index in [2.05, 4.69) is 137 Å². The van der Waals surface area contributed by atoms with E-state index in [0.717, 1.165) is 105 Å². The number of hydrogen-bond acceptors (Lipinski definition) is 6. The van der Waals surface area contributed by atoms with Gasteiger partial charge in [-0.05, 0) is 101 Å². The molecule has 342 valence electrons. The van der Waals surface area contributed by atoms with E-state index in [-0.39, 0.29) is 0 Å². The quantitative estimate of drug-likeness (QED) is 0.150. The summed E-state index contributed by atoms with van der Waals surface area (Å²) in [6.07, 6.45) is 0. The summed E-state index contributed by atoms with van der Waals surface area (Å²) in [6.45, 7) is 0. The van der Waals surface area contributed by atoms with Crippen molar-refractivity contribution in [3.8, 4) is 97.1 Å². The standard InChI is InChI=1S/C66H38N8/c67-39-42-19-24-45(25-20-42)49-29-33-60-56(36-49)52-15-7-9-17-58(52)73(60)62-35-44(41-69)23-31-54(62)55-32-28-51(66-71-64(47-11-3-1-4-12-47)70-65(72-66)48-13-5-2-6-14-48)38-63(55)74-59-18-10-8-16-53(59)57-37-50(30-34-61(57)74)46-26-21-43(40-68)22-27-46/h1-38H. The highest BCUT2D eigenvalue weighted by molar-refractivity contribution is 6.13. The molecule has 0 atom stereocenters. The van der Waals surface area contributed by atoms with Gasteiger partial charge in [0.1, 0.15) is 0 Å². The van der Waals surface area contributed by atoms with Gasteiger partial charge in [0.25, 0.3) is 0 Å². The lowest BCUT2D eigenvalue weighted by Crippen LogP contribution is -2.04. The lowest BCUT2D eigenvalue weighted by atomic mass is 9.97. The second kappa shape index (κ2) is 17.9. The van der Waals surface area contributed by atoms with Gasteiger partial charge in [-0.2, -0.15) is 15.8 Å². The summed E-state index contributed by atoms with van der Waals surface area (Å²) in [5.41, 5.74) is 15.9. The minimum absolute atomic E-state index is 0.523. The molecule has 0 aliphatic heterocycles. The van der Waals surface area contributed by atoms with E-state index in [9.17, 15) is 15.8 Å². The molecule has 0 bridgehead atoms. The van der Waals surface area contributed by atoms with Gasteiger partial charge in [-0.1, -0.05) is 152 Å². The molecule has 0 N–H and O–H groups in total. The van der Waals surface area contributed by atoms with E-state index in [1.54, 1.807) is 0 Å². The van der Waals surface area contributed by atoms with Crippen LogP contribution in [0, 0.1) is 34.0 Å². The van der Waals surface area contributed by atoms with E-state index in [1.165, 1.54) is 0 Å². The van der Waals surface area contributed by atoms with Gasteiger partial charge in [-0.15, -0.1) is 0 Å². The second-order valence-electron chi connectivity index (χ2n) is 18.2. The first-order valence-corrected chi connectivity index (χ1v) is 24.2. The summed E-state index contributed by atoms with van der Waals surface area (Å²) in [6, 6.07) is 84.6. The van der Waals surface area contributed by atoms with Gasteiger partial charge < -0.3 is 9.13 Å². The Morgan fingerprint density at radius 3 is 1.11 bits per heavy atom. The number of benzene rings is 10. The fourth-order valence-corrected chi connectivity index (χ4v) is 10.3. The van der Waals surface area contributed by atoms with Gasteiger partial charge in [0.2, 0.25) is 0 Å². The van der Waals surface area contributed by atoms with Crippen LogP contribution in [0.5, 0.6) is 0 Å². The number of nitrogens with zero attached hydrogens (tertiary/aromatic N) is 8. The second-order valence-corrected chi connectivity index (χ2v) is 18.2. The summed E-state index contributed by atoms with van der Waals surface area (Å²) < 4.78 is 4.61. The van der Waals surface area contributed by atoms with Crippen molar-refractivity contribution in [3.05, 3.63) is 247 Å². The van der Waals surface area contributed by atoms with Gasteiger partial charge >= 0.3 is 0 Å². The highest BCUT2D eigenvalue weighted by atomic mass is 15.0. The number of para-hydroxylation sites is 2. The molecule has 13 rings (SSSR count). The Kier molecular flexibility index (Phi) is 10.5. The van der Waals surface area contributed by atoms with Crippen LogP contribution >= 0.6 is 0 Å². The van der Waals surface area contributed by atoms with Crippen LogP contribution in [0.25, 0.3) is 123 Å². The van der Waals surface area contributed by atoms with E-state index >= 15 is 0 Å². The molecule has 3 aromatic heterocycles. The Hall–Kier alpha value is -10.7. The van der Waals surface area contributed by atoms with Crippen LogP contribution in [0.1, 0.15) is 16.7 Å². The lowest BCUT2D eigenvalue weighted by molar-refractivity contribution is 1.07. The van der Waals surface area contributed by atoms with Crippen molar-refractivity contribution in [2.75, 3.05) is 0 Å². The zero-order valence-electron chi connectivity index (χ0n) is 39.5. The first kappa shape index (κ1) is 43.3. The minimum Gasteiger partial charge on any atom is -0.309 e. The first-order valence-electron chi connectivity index (χ1n) is 24.2. The van der Waals surface area contributed by atoms with Crippen LogP contribution < -0.4 is 0 Å². The number of aromatic nitrogens is 5. The smallest absolute Gasteiger partial charge is 0.164 e. The molecule has 0 saturated carbocycles. The Morgan fingerprint density at radius 1 is 0.270 bits per heavy atom. The predicted octanol–water partition coefficient (Wildman–Crippen LogP) is 15.7. The van der Waals surface area contributed by atoms with E-state index in [4.69, 9.17) is 15.0 Å². The molecule has 8 nitrogen and oxygen atoms in total. The number of hydrogen-bond donors (Lipinski definition) is 0. The molecule has 3 heterocycles. The Bertz CT molecular complexity index is 4430. The van der Waals surface area contributed by atoms with Crippen molar-refractivity contribution in [2.24, 2.45) is 0 Å². The summed E-state index contributed by atoms with van der Waals surface area (Å²) >= 11 is 0. The Labute approximate surface area is 425 Å². The molecular weight excluding hydrogens is 905 g/mol. The maximum atomic E-state index is 10.6. The zero-order valence-corrected chi connectivity index (χ0v) is 39.5. The Balaban J connectivity index is 1.09. The van der Waals surface area contributed by atoms with Crippen LogP contribution in [0.15, 0.2) is 231 Å². The highest BCUT2D eigenvalue weighted by Gasteiger charge is 2.23. The minimum atomic E-state index is 0.523. The molecule has 0 radical (unpaired) electrons. The molecule has 0 saturated heterocycles. The molecular formula is C66H38N8. The number of fused-ring (bicyclic) bond motifs is 6. The maximum absolute atomic E-state index is 10.6. The van der Waals surface area contributed by atoms with Crippen molar-refractivity contribution < 1.29 is 0 Å². The monoisotopic (exact) mass is 942 g/mol. The largest absolute Gasteiger partial charge is 0.309 e. The average Bonchev–Trinajstić information content (AvgIpc) is 3.99. The topological polar surface area (TPSA) is 120 Å². The molecule has 0 fully saturated rings. The third-order valence-corrected chi connectivity index (χ3v) is 13.9. The fraction of sp³-hybridized carbons (Fsp3) is 0. The first-order chi connectivity index (χ1) is 36.5. The van der Waals surface area contributed by atoms with Gasteiger partial charge in [-0.3, -0.25) is 0 Å². The van der Waals surface area contributed by atoms with Gasteiger partial charge in [0.05, 0.1) is 68.3 Å². The van der Waals surface area contributed by atoms with Crippen molar-refractivity contribution in [1.82, 2.24) is 24.1 Å². The van der Waals surface area contributed by atoms with Gasteiger partial charge in [0, 0.05) is 49.4 Å². The van der Waals surface area contributed by atoms with Gasteiger partial charge in [-0.25, -0.2) is 15.0 Å². The lowest BCUT2D eigenvalue weighted by Gasteiger charge is -2.20. The predicted molar refractivity (Wildman–Crippen MR) is 295 cm³/mol. The highest BCUT2D eigenvalue weighted by Crippen LogP contribution is 2.44. The number of rotatable bonds is 8. The molecule has 0 aliphatic rings. The molecule has 8 heteroatoms. The number of nitriles is 3. The van der Waals surface area contributed by atoms with Crippen LogP contribution in [-0.4, -0.2) is 24.1 Å². The molecule has 0 spiro atoms. The third-order valence-electron chi connectivity index (χ3n) is 13.9. The fourth-order valence-electron chi connectivity index (χ4n) is 10.3. The summed E-state index contributed by atoms with van der Waals surface area (Å²) in [5.74, 6) is 1.65. The van der Waals surface area contributed by atoms with Crippen LogP contribution in [0.2, 0.25) is 0 Å². The average molecular weight is 943 g/mol. The van der Waals surface area contributed by atoms with Crippen molar-refractivity contribution in [2.45, 2.75) is 0 Å². The zero-order chi connectivity index (χ0) is 49.7. The maximum Gasteiger partial charge on any atom is 0.164 e. The SMILES string of the molecule is N#Cc1ccc(-c2ccc3c(c2)c2ccccc2n3-c2cc(C#N)ccc2-c2ccc(-c3nc(-c4ccccc4)nc(-c4ccccc4)n3)cc2-n2c3ccccc3c3cc(-c4ccc(C#N)cc4)ccc32)cc1. The van der Waals surface area contributed by atoms with E-state index < -0.39 is 0 Å². The Morgan fingerprint density at radius 2 is 0.635 bits per heavy atom. The van der Waals surface area contributed by atoms with E-state index in [1.807, 2.05) is 121 Å². The molecule has 10 aromatic carbocycles. The molecule has 0 amide bonds. The van der Waals surface area contributed by atoms with Gasteiger partial charge in [0.15, 0.2) is 17.5 Å². The normalized spacial score (nSPS) is 11.2. The molecule has 74 heavy (non-hydrogen) atoms. The molecule has 0 aliphatic carbocycles. The third kappa shape index (κ3) is 7.42. The van der Waals surface area contributed by atoms with E-state index in [0.29, 0.717) is 34.2 Å². The summed E-state index contributed by atoms with van der Waals surface area (Å²) in [7, 11) is 0. The van der Waals surface area contributed by atoms with Crippen LogP contribution in [0.3, 0.4) is 0 Å². The van der Waals surface area contributed by atoms with Crippen molar-refractivity contribution in [3.63, 3.8) is 0 Å². The van der Waals surface area contributed by atoms with Crippen molar-refractivity contribution >= 4 is 43.6 Å². The molecule has 13 aromatic rings. The van der Waals surface area contributed by atoms with Crippen LogP contribution in [-0.2, 0) is 0 Å². The van der Waals surface area contributed by atoms with Crippen molar-refractivity contribution in [1.29, 1.82) is 15.8 Å². The summed E-state index contributed by atoms with van der Waals surface area (Å²) in [5, 5.41) is 33.9. The van der Waals surface area contributed by atoms with Crippen LogP contribution in [0.4, 0.5) is 0 Å². The summed E-state index contributed by atoms with van der Waals surface area (Å²) in [4.78, 5) is 15.4. The molecule has 0 unspecified atom stereocenters.